The Hall–Kier alpha value is -1.61. The van der Waals surface area contributed by atoms with E-state index in [2.05, 4.69) is 26.0 Å². The van der Waals surface area contributed by atoms with Crippen LogP contribution in [0.15, 0.2) is 12.2 Å². The molecule has 1 rings (SSSR count). The number of aliphatic hydroxyl groups is 3. The number of hydrogen-bond acceptors (Lipinski definition) is 11. The average molecular weight is 849 g/mol. The van der Waals surface area contributed by atoms with Crippen molar-refractivity contribution in [3.63, 3.8) is 0 Å². The zero-order chi connectivity index (χ0) is 42.7. The SMILES string of the molecule is CCCCCCCC/C=C\CCCCCCCCCCCC(=O)OC(COC(=O)CCCCCCCCCCCCC)COC1OC(CS(=O)(=O)O)C(O)C(O)C1O. The molecular formula is C45H84O12S. The van der Waals surface area contributed by atoms with Crippen molar-refractivity contribution in [2.45, 2.75) is 243 Å². The van der Waals surface area contributed by atoms with Crippen molar-refractivity contribution in [3.05, 3.63) is 12.2 Å². The van der Waals surface area contributed by atoms with Crippen LogP contribution in [-0.4, -0.2) is 96.0 Å². The molecule has 1 saturated heterocycles. The zero-order valence-corrected chi connectivity index (χ0v) is 37.2. The zero-order valence-electron chi connectivity index (χ0n) is 36.4. The molecule has 0 aromatic rings. The molecule has 13 heteroatoms. The van der Waals surface area contributed by atoms with E-state index in [0.717, 1.165) is 38.5 Å². The lowest BCUT2D eigenvalue weighted by Gasteiger charge is -2.40. The van der Waals surface area contributed by atoms with Gasteiger partial charge in [0.1, 0.15) is 36.8 Å². The first-order chi connectivity index (χ1) is 28.0. The van der Waals surface area contributed by atoms with Gasteiger partial charge in [-0.3, -0.25) is 14.1 Å². The van der Waals surface area contributed by atoms with Crippen molar-refractivity contribution in [1.82, 2.24) is 0 Å². The standard InChI is InChI=1S/C45H84O12S/c1-3-5-7-9-11-13-15-16-17-18-19-20-21-22-24-26-28-30-32-34-41(47)56-38(35-54-40(46)33-31-29-27-25-23-14-12-10-8-6-4-2)36-55-45-44(50)43(49)42(48)39(57-45)37-58(51,52)53/h16-17,38-39,42-45,48-50H,3-15,18-37H2,1-2H3,(H,51,52,53)/b17-16-. The van der Waals surface area contributed by atoms with Gasteiger partial charge in [0, 0.05) is 12.8 Å². The van der Waals surface area contributed by atoms with Crippen molar-refractivity contribution in [1.29, 1.82) is 0 Å². The van der Waals surface area contributed by atoms with Crippen LogP contribution in [0.25, 0.3) is 0 Å². The van der Waals surface area contributed by atoms with Gasteiger partial charge in [0.2, 0.25) is 0 Å². The monoisotopic (exact) mass is 849 g/mol. The molecule has 1 aliphatic heterocycles. The van der Waals surface area contributed by atoms with Gasteiger partial charge in [0.25, 0.3) is 10.1 Å². The van der Waals surface area contributed by atoms with Gasteiger partial charge in [-0.05, 0) is 38.5 Å². The first kappa shape index (κ1) is 54.4. The Morgan fingerprint density at radius 3 is 1.43 bits per heavy atom. The Kier molecular flexibility index (Phi) is 33.8. The minimum absolute atomic E-state index is 0.166. The second-order valence-electron chi connectivity index (χ2n) is 16.4. The summed E-state index contributed by atoms with van der Waals surface area (Å²) in [5.74, 6) is -1.97. The third kappa shape index (κ3) is 30.4. The van der Waals surface area contributed by atoms with Crippen LogP contribution in [0.5, 0.6) is 0 Å². The minimum atomic E-state index is -4.60. The highest BCUT2D eigenvalue weighted by atomic mass is 32.2. The van der Waals surface area contributed by atoms with Crippen molar-refractivity contribution in [2.75, 3.05) is 19.0 Å². The maximum Gasteiger partial charge on any atom is 0.306 e. The van der Waals surface area contributed by atoms with Crippen LogP contribution in [0.4, 0.5) is 0 Å². The first-order valence-electron chi connectivity index (χ1n) is 23.2. The summed E-state index contributed by atoms with van der Waals surface area (Å²) in [5.41, 5.74) is 0. The molecule has 1 fully saturated rings. The summed E-state index contributed by atoms with van der Waals surface area (Å²) in [6.07, 6.45) is 28.3. The number of carbonyl (C=O) groups excluding carboxylic acids is 2. The number of hydrogen-bond donors (Lipinski definition) is 4. The van der Waals surface area contributed by atoms with Crippen molar-refractivity contribution >= 4 is 22.1 Å². The van der Waals surface area contributed by atoms with E-state index in [1.54, 1.807) is 0 Å². The summed E-state index contributed by atoms with van der Waals surface area (Å²) in [4.78, 5) is 25.4. The molecule has 0 saturated carbocycles. The third-order valence-electron chi connectivity index (χ3n) is 10.8. The Morgan fingerprint density at radius 1 is 0.569 bits per heavy atom. The maximum atomic E-state index is 12.8. The van der Waals surface area contributed by atoms with E-state index in [9.17, 15) is 37.9 Å². The fourth-order valence-corrected chi connectivity index (χ4v) is 7.89. The number of carbonyl (C=O) groups is 2. The van der Waals surface area contributed by atoms with Crippen LogP contribution in [0, 0.1) is 0 Å². The van der Waals surface area contributed by atoms with E-state index in [-0.39, 0.29) is 19.4 Å². The molecular weight excluding hydrogens is 765 g/mol. The van der Waals surface area contributed by atoms with Crippen LogP contribution < -0.4 is 0 Å². The number of unbranched alkanes of at least 4 members (excludes halogenated alkanes) is 25. The van der Waals surface area contributed by atoms with E-state index in [4.69, 9.17) is 18.9 Å². The molecule has 1 heterocycles. The number of aliphatic hydroxyl groups excluding tert-OH is 3. The smallest absolute Gasteiger partial charge is 0.306 e. The Bertz CT molecular complexity index is 1130. The molecule has 4 N–H and O–H groups in total. The quantitative estimate of drug-likeness (QED) is 0.0199. The molecule has 0 radical (unpaired) electrons. The van der Waals surface area contributed by atoms with Crippen LogP contribution in [-0.2, 0) is 38.7 Å². The Balaban J connectivity index is 2.40. The van der Waals surface area contributed by atoms with Gasteiger partial charge in [-0.1, -0.05) is 167 Å². The lowest BCUT2D eigenvalue weighted by atomic mass is 10.00. The molecule has 0 aliphatic carbocycles. The highest BCUT2D eigenvalue weighted by Crippen LogP contribution is 2.24. The van der Waals surface area contributed by atoms with Crippen LogP contribution in [0.3, 0.4) is 0 Å². The maximum absolute atomic E-state index is 12.8. The molecule has 0 aromatic heterocycles. The van der Waals surface area contributed by atoms with E-state index < -0.39 is 71.2 Å². The van der Waals surface area contributed by atoms with Crippen molar-refractivity contribution in [3.8, 4) is 0 Å². The second-order valence-corrected chi connectivity index (χ2v) is 17.9. The number of rotatable bonds is 39. The van der Waals surface area contributed by atoms with Crippen molar-refractivity contribution in [2.24, 2.45) is 0 Å². The topological polar surface area (TPSA) is 186 Å². The van der Waals surface area contributed by atoms with E-state index in [0.29, 0.717) is 12.8 Å². The van der Waals surface area contributed by atoms with Crippen LogP contribution in [0.1, 0.15) is 206 Å². The summed E-state index contributed by atoms with van der Waals surface area (Å²) in [6, 6.07) is 0. The molecule has 342 valence electrons. The van der Waals surface area contributed by atoms with Crippen LogP contribution in [0.2, 0.25) is 0 Å². The van der Waals surface area contributed by atoms with Gasteiger partial charge in [0.05, 0.1) is 6.61 Å². The predicted octanol–water partition coefficient (Wildman–Crippen LogP) is 9.45. The largest absolute Gasteiger partial charge is 0.462 e. The molecule has 0 spiro atoms. The highest BCUT2D eigenvalue weighted by Gasteiger charge is 2.46. The molecule has 0 bridgehead atoms. The Morgan fingerprint density at radius 2 is 0.983 bits per heavy atom. The summed E-state index contributed by atoms with van der Waals surface area (Å²) in [6.45, 7) is 3.76. The third-order valence-corrected chi connectivity index (χ3v) is 11.6. The molecule has 1 aliphatic rings. The predicted molar refractivity (Wildman–Crippen MR) is 229 cm³/mol. The van der Waals surface area contributed by atoms with Gasteiger partial charge >= 0.3 is 11.9 Å². The summed E-state index contributed by atoms with van der Waals surface area (Å²) < 4.78 is 54.0. The number of allylic oxidation sites excluding steroid dienone is 2. The van der Waals surface area contributed by atoms with Gasteiger partial charge in [-0.2, -0.15) is 8.42 Å². The molecule has 0 amide bonds. The van der Waals surface area contributed by atoms with Gasteiger partial charge in [-0.25, -0.2) is 0 Å². The van der Waals surface area contributed by atoms with Gasteiger partial charge in [0.15, 0.2) is 12.4 Å². The summed E-state index contributed by atoms with van der Waals surface area (Å²) in [5, 5.41) is 30.9. The average Bonchev–Trinajstić information content (AvgIpc) is 3.18. The lowest BCUT2D eigenvalue weighted by Crippen LogP contribution is -2.60. The second kappa shape index (κ2) is 36.1. The van der Waals surface area contributed by atoms with Crippen molar-refractivity contribution < 1.29 is 56.8 Å². The van der Waals surface area contributed by atoms with Gasteiger partial charge in [-0.15, -0.1) is 0 Å². The summed E-state index contributed by atoms with van der Waals surface area (Å²) in [7, 11) is -4.60. The molecule has 6 unspecified atom stereocenters. The highest BCUT2D eigenvalue weighted by molar-refractivity contribution is 7.85. The minimum Gasteiger partial charge on any atom is -0.462 e. The van der Waals surface area contributed by atoms with E-state index in [1.165, 1.54) is 128 Å². The fraction of sp³-hybridized carbons (Fsp3) is 0.911. The Labute approximate surface area is 352 Å². The van der Waals surface area contributed by atoms with Crippen LogP contribution >= 0.6 is 0 Å². The van der Waals surface area contributed by atoms with E-state index >= 15 is 0 Å². The number of ether oxygens (including phenoxy) is 4. The lowest BCUT2D eigenvalue weighted by molar-refractivity contribution is -0.297. The normalized spacial score (nSPS) is 20.4. The molecule has 12 nitrogen and oxygen atoms in total. The molecule has 58 heavy (non-hydrogen) atoms. The molecule has 0 aromatic carbocycles. The number of esters is 2. The van der Waals surface area contributed by atoms with E-state index in [1.807, 2.05) is 0 Å². The summed E-state index contributed by atoms with van der Waals surface area (Å²) >= 11 is 0. The first-order valence-corrected chi connectivity index (χ1v) is 24.9. The molecule has 6 atom stereocenters. The fourth-order valence-electron chi connectivity index (χ4n) is 7.20. The van der Waals surface area contributed by atoms with Gasteiger partial charge < -0.3 is 34.3 Å².